The van der Waals surface area contributed by atoms with Gasteiger partial charge in [-0.1, -0.05) is 242 Å². The molecule has 0 N–H and O–H groups in total. The van der Waals surface area contributed by atoms with E-state index in [0.717, 1.165) is 103 Å². The van der Waals surface area contributed by atoms with E-state index in [2.05, 4.69) is 81.5 Å². The Balaban J connectivity index is 4.39. The Morgan fingerprint density at radius 2 is 0.597 bits per heavy atom. The smallest absolute Gasteiger partial charge is 0.306 e. The summed E-state index contributed by atoms with van der Waals surface area (Å²) in [6, 6.07) is 0. The summed E-state index contributed by atoms with van der Waals surface area (Å²) in [5.74, 6) is -0.915. The van der Waals surface area contributed by atoms with Gasteiger partial charge in [-0.15, -0.1) is 0 Å². The second-order valence-corrected chi connectivity index (χ2v) is 19.2. The SMILES string of the molecule is CC/C=C/C=C/C=C/CCCCCCCC(=O)OCC(COC(=O)CCCCCCC/C=C/CCCCCCCCCCC)OC(=O)CCCCCCC/C=C/CCCCCCCCCCC. The van der Waals surface area contributed by atoms with Crippen molar-refractivity contribution in [3.63, 3.8) is 0 Å². The molecule has 0 aliphatic heterocycles. The minimum Gasteiger partial charge on any atom is -0.462 e. The number of hydrogen-bond acceptors (Lipinski definition) is 6. The molecule has 0 aromatic heterocycles. The summed E-state index contributed by atoms with van der Waals surface area (Å²) in [4.78, 5) is 38.1. The molecule has 0 aliphatic carbocycles. The molecule has 0 saturated heterocycles. The van der Waals surface area contributed by atoms with E-state index < -0.39 is 6.10 Å². The van der Waals surface area contributed by atoms with Gasteiger partial charge in [0, 0.05) is 19.3 Å². The maximum Gasteiger partial charge on any atom is 0.306 e. The van der Waals surface area contributed by atoms with Crippen molar-refractivity contribution >= 4 is 17.9 Å². The number of ether oxygens (including phenoxy) is 3. The lowest BCUT2D eigenvalue weighted by Crippen LogP contribution is -2.30. The zero-order chi connectivity index (χ0) is 48.6. The van der Waals surface area contributed by atoms with Crippen molar-refractivity contribution in [2.75, 3.05) is 13.2 Å². The minimum atomic E-state index is -0.790. The van der Waals surface area contributed by atoms with Gasteiger partial charge < -0.3 is 14.2 Å². The minimum absolute atomic E-state index is 0.0877. The summed E-state index contributed by atoms with van der Waals surface area (Å²) in [6.07, 6.45) is 69.3. The highest BCUT2D eigenvalue weighted by Gasteiger charge is 2.19. The maximum atomic E-state index is 12.9. The van der Waals surface area contributed by atoms with Gasteiger partial charge in [0.2, 0.25) is 0 Å². The van der Waals surface area contributed by atoms with E-state index in [9.17, 15) is 14.4 Å². The second kappa shape index (κ2) is 55.7. The second-order valence-electron chi connectivity index (χ2n) is 19.2. The number of unbranched alkanes of at least 4 members (excludes halogenated alkanes) is 33. The van der Waals surface area contributed by atoms with Gasteiger partial charge in [0.15, 0.2) is 6.10 Å². The van der Waals surface area contributed by atoms with Crippen LogP contribution in [0.4, 0.5) is 0 Å². The van der Waals surface area contributed by atoms with E-state index >= 15 is 0 Å². The lowest BCUT2D eigenvalue weighted by molar-refractivity contribution is -0.167. The first-order chi connectivity index (χ1) is 33.0. The standard InChI is InChI=1S/C61H108O6/c1-4-7-10-13-16-19-22-25-27-29-31-33-36-39-42-45-48-51-54-60(63)66-57-58(56-65-59(62)53-50-47-44-41-38-35-24-21-18-15-12-9-6-3)67-61(64)55-52-49-46-43-40-37-34-32-30-28-26-23-20-17-14-11-8-5-2/h9,12,15,18,21,24,31-34,58H,4-8,10-11,13-14,16-17,19-20,22-23,25-30,35-57H2,1-3H3/b12-9+,18-15+,24-21+,33-31+,34-32+. The Labute approximate surface area is 415 Å². The topological polar surface area (TPSA) is 78.9 Å². The third-order valence-corrected chi connectivity index (χ3v) is 12.5. The highest BCUT2D eigenvalue weighted by Crippen LogP contribution is 2.15. The summed E-state index contributed by atoms with van der Waals surface area (Å²) < 4.78 is 16.8. The third kappa shape index (κ3) is 53.9. The van der Waals surface area contributed by atoms with Crippen LogP contribution < -0.4 is 0 Å². The fourth-order valence-electron chi connectivity index (χ4n) is 8.20. The summed E-state index contributed by atoms with van der Waals surface area (Å²) in [6.45, 7) is 6.50. The zero-order valence-corrected chi connectivity index (χ0v) is 44.4. The summed E-state index contributed by atoms with van der Waals surface area (Å²) in [5.41, 5.74) is 0. The van der Waals surface area contributed by atoms with Crippen LogP contribution >= 0.6 is 0 Å². The maximum absolute atomic E-state index is 12.9. The molecular formula is C61H108O6. The third-order valence-electron chi connectivity index (χ3n) is 12.5. The highest BCUT2D eigenvalue weighted by molar-refractivity contribution is 5.71. The van der Waals surface area contributed by atoms with Gasteiger partial charge in [-0.2, -0.15) is 0 Å². The lowest BCUT2D eigenvalue weighted by atomic mass is 10.1. The van der Waals surface area contributed by atoms with Crippen molar-refractivity contribution in [1.82, 2.24) is 0 Å². The van der Waals surface area contributed by atoms with E-state index in [1.165, 1.54) is 148 Å². The van der Waals surface area contributed by atoms with Crippen LogP contribution in [0.25, 0.3) is 0 Å². The van der Waals surface area contributed by atoms with Crippen molar-refractivity contribution in [3.8, 4) is 0 Å². The molecule has 0 aromatic rings. The molecule has 0 aliphatic rings. The number of hydrogen-bond donors (Lipinski definition) is 0. The molecular weight excluding hydrogens is 829 g/mol. The Kier molecular flexibility index (Phi) is 53.3. The predicted octanol–water partition coefficient (Wildman–Crippen LogP) is 19.2. The number of rotatable bonds is 52. The number of esters is 3. The normalized spacial score (nSPS) is 12.5. The molecule has 1 unspecified atom stereocenters. The first-order valence-corrected chi connectivity index (χ1v) is 28.8. The highest BCUT2D eigenvalue weighted by atomic mass is 16.6. The van der Waals surface area contributed by atoms with Crippen LogP contribution in [0.3, 0.4) is 0 Å². The lowest BCUT2D eigenvalue weighted by Gasteiger charge is -2.18. The van der Waals surface area contributed by atoms with Gasteiger partial charge in [-0.05, 0) is 89.9 Å². The first-order valence-electron chi connectivity index (χ1n) is 28.8. The molecule has 1 atom stereocenters. The number of carbonyl (C=O) groups is 3. The van der Waals surface area contributed by atoms with Gasteiger partial charge in [0.05, 0.1) is 0 Å². The van der Waals surface area contributed by atoms with Crippen molar-refractivity contribution in [2.45, 2.75) is 297 Å². The largest absolute Gasteiger partial charge is 0.462 e. The summed E-state index contributed by atoms with van der Waals surface area (Å²) in [5, 5.41) is 0. The Morgan fingerprint density at radius 1 is 0.313 bits per heavy atom. The fourth-order valence-corrected chi connectivity index (χ4v) is 8.20. The van der Waals surface area contributed by atoms with E-state index in [1.807, 2.05) is 0 Å². The molecule has 0 fully saturated rings. The van der Waals surface area contributed by atoms with Crippen LogP contribution in [0.2, 0.25) is 0 Å². The molecule has 0 spiro atoms. The summed E-state index contributed by atoms with van der Waals surface area (Å²) in [7, 11) is 0. The zero-order valence-electron chi connectivity index (χ0n) is 44.4. The van der Waals surface area contributed by atoms with E-state index in [-0.39, 0.29) is 31.1 Å². The van der Waals surface area contributed by atoms with Gasteiger partial charge in [-0.3, -0.25) is 14.4 Å². The average molecular weight is 938 g/mol. The van der Waals surface area contributed by atoms with Crippen molar-refractivity contribution < 1.29 is 28.6 Å². The molecule has 0 radical (unpaired) electrons. The van der Waals surface area contributed by atoms with Crippen LogP contribution in [0.5, 0.6) is 0 Å². The van der Waals surface area contributed by atoms with Crippen LogP contribution in [0.15, 0.2) is 60.8 Å². The van der Waals surface area contributed by atoms with E-state index in [1.54, 1.807) is 0 Å². The van der Waals surface area contributed by atoms with Crippen molar-refractivity contribution in [3.05, 3.63) is 60.8 Å². The van der Waals surface area contributed by atoms with Crippen LogP contribution in [0.1, 0.15) is 290 Å². The van der Waals surface area contributed by atoms with Crippen LogP contribution in [-0.4, -0.2) is 37.2 Å². The molecule has 67 heavy (non-hydrogen) atoms. The average Bonchev–Trinajstić information content (AvgIpc) is 3.33. The molecule has 0 rings (SSSR count). The molecule has 0 heterocycles. The molecule has 6 heteroatoms. The van der Waals surface area contributed by atoms with Crippen molar-refractivity contribution in [2.24, 2.45) is 0 Å². The molecule has 0 aromatic carbocycles. The van der Waals surface area contributed by atoms with Gasteiger partial charge in [-0.25, -0.2) is 0 Å². The van der Waals surface area contributed by atoms with Crippen LogP contribution in [-0.2, 0) is 28.6 Å². The van der Waals surface area contributed by atoms with Gasteiger partial charge in [0.1, 0.15) is 13.2 Å². The Bertz CT molecular complexity index is 1210. The van der Waals surface area contributed by atoms with Crippen LogP contribution in [0, 0.1) is 0 Å². The molecule has 0 saturated carbocycles. The Hall–Kier alpha value is -2.89. The number of carbonyl (C=O) groups excluding carboxylic acids is 3. The molecule has 0 amide bonds. The molecule has 6 nitrogen and oxygen atoms in total. The number of allylic oxidation sites excluding steroid dienone is 10. The van der Waals surface area contributed by atoms with Gasteiger partial charge >= 0.3 is 17.9 Å². The van der Waals surface area contributed by atoms with E-state index in [4.69, 9.17) is 14.2 Å². The summed E-state index contributed by atoms with van der Waals surface area (Å²) >= 11 is 0. The first kappa shape index (κ1) is 64.1. The Morgan fingerprint density at radius 3 is 0.940 bits per heavy atom. The molecule has 0 bridgehead atoms. The quantitative estimate of drug-likeness (QED) is 0.0199. The predicted molar refractivity (Wildman–Crippen MR) is 288 cm³/mol. The van der Waals surface area contributed by atoms with E-state index in [0.29, 0.717) is 19.3 Å². The van der Waals surface area contributed by atoms with Gasteiger partial charge in [0.25, 0.3) is 0 Å². The molecule has 388 valence electrons. The monoisotopic (exact) mass is 937 g/mol. The van der Waals surface area contributed by atoms with Crippen molar-refractivity contribution in [1.29, 1.82) is 0 Å². The fraction of sp³-hybridized carbons (Fsp3) is 0.787.